The number of rotatable bonds is 8. The molecule has 0 fully saturated rings. The van der Waals surface area contributed by atoms with Gasteiger partial charge in [-0.15, -0.1) is 0 Å². The van der Waals surface area contributed by atoms with E-state index in [0.717, 1.165) is 0 Å². The maximum absolute atomic E-state index is 15.8. The molecule has 0 atom stereocenters. The standard InChI is InChI=1S/C15H27F2N2P/c1-5-18(6-2)20(16,17,19(7-3)8-4)14-15-12-10-9-11-13-15/h9-13H,5-8,14H2,1-4H3. The summed E-state index contributed by atoms with van der Waals surface area (Å²) in [6, 6.07) is 9.12. The number of halogens is 2. The zero-order valence-corrected chi connectivity index (χ0v) is 13.9. The van der Waals surface area contributed by atoms with Gasteiger partial charge in [0.1, 0.15) is 0 Å². The molecule has 0 aliphatic rings. The van der Waals surface area contributed by atoms with E-state index in [0.29, 0.717) is 31.7 Å². The average Bonchev–Trinajstić information content (AvgIpc) is 2.41. The first-order chi connectivity index (χ1) is 9.41. The summed E-state index contributed by atoms with van der Waals surface area (Å²) in [5.74, 6) is 0. The fourth-order valence-corrected chi connectivity index (χ4v) is 6.52. The molecule has 5 heteroatoms. The van der Waals surface area contributed by atoms with Crippen LogP contribution in [0, 0.1) is 0 Å². The predicted molar refractivity (Wildman–Crippen MR) is 85.1 cm³/mol. The van der Waals surface area contributed by atoms with Gasteiger partial charge in [-0.1, -0.05) is 0 Å². The second-order valence-electron chi connectivity index (χ2n) is 4.90. The first-order valence-corrected chi connectivity index (χ1v) is 9.52. The van der Waals surface area contributed by atoms with Crippen molar-refractivity contribution < 1.29 is 8.39 Å². The topological polar surface area (TPSA) is 6.48 Å². The van der Waals surface area contributed by atoms with Crippen LogP contribution in [0.15, 0.2) is 30.3 Å². The Morgan fingerprint density at radius 2 is 1.20 bits per heavy atom. The van der Waals surface area contributed by atoms with Crippen molar-refractivity contribution in [2.45, 2.75) is 33.9 Å². The quantitative estimate of drug-likeness (QED) is 0.622. The predicted octanol–water partition coefficient (Wildman–Crippen LogP) is 5.02. The Balaban J connectivity index is 3.25. The summed E-state index contributed by atoms with van der Waals surface area (Å²) in [5, 5.41) is 0. The van der Waals surface area contributed by atoms with Crippen LogP contribution in [0.2, 0.25) is 0 Å². The maximum atomic E-state index is 15.8. The second kappa shape index (κ2) is 6.93. The number of hydrogen-bond acceptors (Lipinski definition) is 2. The van der Waals surface area contributed by atoms with Crippen LogP contribution in [-0.2, 0) is 6.16 Å². The summed E-state index contributed by atoms with van der Waals surface area (Å²) >= 11 is 0. The molecule has 0 unspecified atom stereocenters. The van der Waals surface area contributed by atoms with Crippen molar-refractivity contribution in [2.75, 3.05) is 26.2 Å². The Kier molecular flexibility index (Phi) is 6.06. The fourth-order valence-electron chi connectivity index (χ4n) is 2.79. The Morgan fingerprint density at radius 1 is 0.800 bits per heavy atom. The van der Waals surface area contributed by atoms with Crippen molar-refractivity contribution in [3.05, 3.63) is 35.9 Å². The molecule has 0 amide bonds. The normalized spacial score (nSPS) is 14.5. The Hall–Kier alpha value is -0.570. The summed E-state index contributed by atoms with van der Waals surface area (Å²) < 4.78 is 34.4. The van der Waals surface area contributed by atoms with Crippen LogP contribution in [0.3, 0.4) is 0 Å². The molecule has 116 valence electrons. The van der Waals surface area contributed by atoms with Gasteiger partial charge in [0.05, 0.1) is 0 Å². The molecule has 0 bridgehead atoms. The molecule has 1 aromatic rings. The van der Waals surface area contributed by atoms with Crippen LogP contribution < -0.4 is 0 Å². The first kappa shape index (κ1) is 17.5. The second-order valence-corrected chi connectivity index (χ2v) is 8.30. The molecule has 0 spiro atoms. The van der Waals surface area contributed by atoms with E-state index >= 15 is 8.39 Å². The summed E-state index contributed by atoms with van der Waals surface area (Å²) in [4.78, 5) is 0. The molecular weight excluding hydrogens is 277 g/mol. The van der Waals surface area contributed by atoms with E-state index in [1.54, 1.807) is 12.1 Å². The van der Waals surface area contributed by atoms with E-state index in [9.17, 15) is 0 Å². The minimum absolute atomic E-state index is 0.157. The number of nitrogens with zero attached hydrogens (tertiary/aromatic N) is 2. The van der Waals surface area contributed by atoms with Gasteiger partial charge in [-0.2, -0.15) is 0 Å². The molecule has 0 aromatic heterocycles. The Labute approximate surface area is 122 Å². The van der Waals surface area contributed by atoms with Gasteiger partial charge < -0.3 is 0 Å². The molecule has 0 saturated carbocycles. The van der Waals surface area contributed by atoms with Crippen LogP contribution in [-0.4, -0.2) is 35.5 Å². The Bertz CT molecular complexity index is 388. The molecule has 0 saturated heterocycles. The van der Waals surface area contributed by atoms with Crippen LogP contribution in [0.4, 0.5) is 8.39 Å². The zero-order valence-electron chi connectivity index (χ0n) is 13.0. The Morgan fingerprint density at radius 3 is 1.55 bits per heavy atom. The molecule has 2 nitrogen and oxygen atoms in total. The van der Waals surface area contributed by atoms with Gasteiger partial charge in [-0.25, -0.2) is 0 Å². The van der Waals surface area contributed by atoms with Gasteiger partial charge in [0.25, 0.3) is 0 Å². The van der Waals surface area contributed by atoms with E-state index in [1.165, 1.54) is 9.34 Å². The first-order valence-electron chi connectivity index (χ1n) is 7.41. The van der Waals surface area contributed by atoms with Gasteiger partial charge in [0, 0.05) is 0 Å². The van der Waals surface area contributed by atoms with Gasteiger partial charge in [-0.3, -0.25) is 0 Å². The molecule has 0 aliphatic heterocycles. The van der Waals surface area contributed by atoms with E-state index in [4.69, 9.17) is 0 Å². The van der Waals surface area contributed by atoms with E-state index in [-0.39, 0.29) is 6.16 Å². The van der Waals surface area contributed by atoms with E-state index in [1.807, 2.05) is 45.9 Å². The van der Waals surface area contributed by atoms with Crippen molar-refractivity contribution in [1.82, 2.24) is 9.34 Å². The van der Waals surface area contributed by atoms with Crippen LogP contribution in [0.1, 0.15) is 33.3 Å². The van der Waals surface area contributed by atoms with Gasteiger partial charge in [0.15, 0.2) is 0 Å². The third kappa shape index (κ3) is 3.36. The summed E-state index contributed by atoms with van der Waals surface area (Å²) in [5.41, 5.74) is 0.717. The summed E-state index contributed by atoms with van der Waals surface area (Å²) in [6.07, 6.45) is -0.157. The van der Waals surface area contributed by atoms with Crippen molar-refractivity contribution in [3.63, 3.8) is 0 Å². The molecule has 0 radical (unpaired) electrons. The zero-order chi connectivity index (χ0) is 15.3. The van der Waals surface area contributed by atoms with Crippen molar-refractivity contribution >= 4 is 7.53 Å². The third-order valence-electron chi connectivity index (χ3n) is 3.83. The minimum atomic E-state index is -5.07. The monoisotopic (exact) mass is 304 g/mol. The van der Waals surface area contributed by atoms with Gasteiger partial charge in [0.2, 0.25) is 0 Å². The third-order valence-corrected chi connectivity index (χ3v) is 8.01. The van der Waals surface area contributed by atoms with Crippen molar-refractivity contribution in [2.24, 2.45) is 0 Å². The fraction of sp³-hybridized carbons (Fsp3) is 0.600. The van der Waals surface area contributed by atoms with Crippen LogP contribution >= 0.6 is 7.53 Å². The molecule has 0 aliphatic carbocycles. The van der Waals surface area contributed by atoms with Crippen molar-refractivity contribution in [3.8, 4) is 0 Å². The summed E-state index contributed by atoms with van der Waals surface area (Å²) in [7, 11) is -5.07. The summed E-state index contributed by atoms with van der Waals surface area (Å²) in [6.45, 7) is 8.79. The molecule has 0 N–H and O–H groups in total. The molecule has 0 heterocycles. The molecule has 1 rings (SSSR count). The van der Waals surface area contributed by atoms with Crippen LogP contribution in [0.25, 0.3) is 0 Å². The van der Waals surface area contributed by atoms with E-state index < -0.39 is 7.53 Å². The van der Waals surface area contributed by atoms with Crippen molar-refractivity contribution in [1.29, 1.82) is 0 Å². The number of benzene rings is 1. The molecule has 1 aromatic carbocycles. The molecular formula is C15H27F2N2P. The van der Waals surface area contributed by atoms with Gasteiger partial charge in [-0.05, 0) is 0 Å². The average molecular weight is 304 g/mol. The van der Waals surface area contributed by atoms with Gasteiger partial charge >= 0.3 is 121 Å². The van der Waals surface area contributed by atoms with E-state index in [2.05, 4.69) is 0 Å². The van der Waals surface area contributed by atoms with Crippen LogP contribution in [0.5, 0.6) is 0 Å². The molecule has 20 heavy (non-hydrogen) atoms. The SMILES string of the molecule is CCN(CC)P(F)(F)(Cc1ccccc1)N(CC)CC. The number of hydrogen-bond donors (Lipinski definition) is 0.